The molecular weight excluding hydrogens is 529 g/mol. The summed E-state index contributed by atoms with van der Waals surface area (Å²) in [5, 5.41) is 9.89. The fourth-order valence-electron chi connectivity index (χ4n) is 4.59. The van der Waals surface area contributed by atoms with Gasteiger partial charge >= 0.3 is 11.9 Å². The average Bonchev–Trinajstić information content (AvgIpc) is 3.18. The van der Waals surface area contributed by atoms with Gasteiger partial charge in [-0.15, -0.1) is 0 Å². The summed E-state index contributed by atoms with van der Waals surface area (Å²) in [6.45, 7) is 4.32. The maximum absolute atomic E-state index is 14.7. The number of hydrogen-bond acceptors (Lipinski definition) is 8. The lowest BCUT2D eigenvalue weighted by Gasteiger charge is -2.42. The van der Waals surface area contributed by atoms with Gasteiger partial charge in [0.15, 0.2) is 22.9 Å². The van der Waals surface area contributed by atoms with Gasteiger partial charge in [-0.05, 0) is 37.6 Å². The lowest BCUT2D eigenvalue weighted by Crippen LogP contribution is -2.56. The van der Waals surface area contributed by atoms with E-state index >= 15 is 0 Å². The average molecular weight is 549 g/mol. The van der Waals surface area contributed by atoms with E-state index < -0.39 is 52.8 Å². The standard InChI is InChI=1S/C25H20F5N5O4/c1-13-9-35-22-16(8-31)21(33-23(36)34(22)11-24(35,2)12-38-13)37-10-14-5-17(26)20(18(27)6-14)39-15-3-4-32-19(7-15)25(28,29)30/h3-7,13H,9-12H2,1-2H3/t13-,24+/m0/s1. The van der Waals surface area contributed by atoms with Crippen LogP contribution >= 0.6 is 0 Å². The highest BCUT2D eigenvalue weighted by molar-refractivity contribution is 5.63. The molecule has 1 saturated heterocycles. The number of nitriles is 1. The Labute approximate surface area is 218 Å². The van der Waals surface area contributed by atoms with Crippen LogP contribution in [-0.2, 0) is 24.1 Å². The smallest absolute Gasteiger partial charge is 0.433 e. The molecule has 204 valence electrons. The Morgan fingerprint density at radius 3 is 2.64 bits per heavy atom. The highest BCUT2D eigenvalue weighted by atomic mass is 19.4. The minimum absolute atomic E-state index is 0.00789. The Hall–Kier alpha value is -4.25. The largest absolute Gasteiger partial charge is 0.472 e. The van der Waals surface area contributed by atoms with Crippen molar-refractivity contribution in [2.45, 2.75) is 44.8 Å². The summed E-state index contributed by atoms with van der Waals surface area (Å²) in [5.74, 6) is -3.77. The molecule has 1 aromatic carbocycles. The highest BCUT2D eigenvalue weighted by Crippen LogP contribution is 2.40. The Morgan fingerprint density at radius 2 is 1.97 bits per heavy atom. The molecule has 2 aliphatic heterocycles. The molecule has 0 aliphatic carbocycles. The third-order valence-electron chi connectivity index (χ3n) is 6.43. The number of fused-ring (bicyclic) bond motifs is 3. The quantitative estimate of drug-likeness (QED) is 0.437. The van der Waals surface area contributed by atoms with Crippen LogP contribution in [0.1, 0.15) is 30.7 Å². The predicted octanol–water partition coefficient (Wildman–Crippen LogP) is 4.18. The van der Waals surface area contributed by atoms with Gasteiger partial charge in [-0.3, -0.25) is 9.55 Å². The molecule has 2 atom stereocenters. The van der Waals surface area contributed by atoms with Crippen LogP contribution in [0.25, 0.3) is 0 Å². The molecule has 0 amide bonds. The van der Waals surface area contributed by atoms with Crippen molar-refractivity contribution in [2.24, 2.45) is 0 Å². The van der Waals surface area contributed by atoms with Gasteiger partial charge in [0.25, 0.3) is 0 Å². The van der Waals surface area contributed by atoms with Gasteiger partial charge in [0, 0.05) is 18.8 Å². The van der Waals surface area contributed by atoms with Crippen molar-refractivity contribution in [1.82, 2.24) is 14.5 Å². The second-order valence-corrected chi connectivity index (χ2v) is 9.48. The molecule has 14 heteroatoms. The van der Waals surface area contributed by atoms with Gasteiger partial charge in [-0.1, -0.05) is 0 Å². The summed E-state index contributed by atoms with van der Waals surface area (Å²) in [5.41, 5.74) is -2.56. The molecule has 1 fully saturated rings. The van der Waals surface area contributed by atoms with Crippen LogP contribution in [0.15, 0.2) is 35.3 Å². The van der Waals surface area contributed by atoms with E-state index in [1.165, 1.54) is 4.57 Å². The summed E-state index contributed by atoms with van der Waals surface area (Å²) in [6, 6.07) is 5.26. The van der Waals surface area contributed by atoms with Crippen molar-refractivity contribution in [2.75, 3.05) is 18.1 Å². The van der Waals surface area contributed by atoms with Crippen molar-refractivity contribution in [1.29, 1.82) is 5.26 Å². The van der Waals surface area contributed by atoms with Gasteiger partial charge in [-0.25, -0.2) is 13.6 Å². The monoisotopic (exact) mass is 549 g/mol. The van der Waals surface area contributed by atoms with Gasteiger partial charge in [0.2, 0.25) is 5.88 Å². The molecule has 3 aromatic rings. The third kappa shape index (κ3) is 4.85. The molecular formula is C25H20F5N5O4. The van der Waals surface area contributed by atoms with Crippen molar-refractivity contribution in [3.8, 4) is 23.4 Å². The van der Waals surface area contributed by atoms with E-state index in [9.17, 15) is 32.0 Å². The second kappa shape index (κ2) is 9.49. The number of benzene rings is 1. The third-order valence-corrected chi connectivity index (χ3v) is 6.43. The van der Waals surface area contributed by atoms with E-state index in [2.05, 4.69) is 9.97 Å². The molecule has 5 rings (SSSR count). The van der Waals surface area contributed by atoms with Gasteiger partial charge in [-0.2, -0.15) is 23.4 Å². The fraction of sp³-hybridized carbons (Fsp3) is 0.360. The lowest BCUT2D eigenvalue weighted by molar-refractivity contribution is -0.141. The maximum Gasteiger partial charge on any atom is 0.433 e. The van der Waals surface area contributed by atoms with Crippen LogP contribution < -0.4 is 20.1 Å². The molecule has 4 heterocycles. The van der Waals surface area contributed by atoms with Crippen LogP contribution in [0.3, 0.4) is 0 Å². The summed E-state index contributed by atoms with van der Waals surface area (Å²) in [4.78, 5) is 21.7. The minimum Gasteiger partial charge on any atom is -0.472 e. The zero-order chi connectivity index (χ0) is 28.1. The number of morpholine rings is 1. The molecule has 0 bridgehead atoms. The number of hydrogen-bond donors (Lipinski definition) is 0. The maximum atomic E-state index is 14.7. The number of alkyl halides is 3. The summed E-state index contributed by atoms with van der Waals surface area (Å²) >= 11 is 0. The van der Waals surface area contributed by atoms with E-state index in [1.807, 2.05) is 24.8 Å². The summed E-state index contributed by atoms with van der Waals surface area (Å²) in [7, 11) is 0. The minimum atomic E-state index is -4.77. The van der Waals surface area contributed by atoms with Gasteiger partial charge in [0.05, 0.1) is 24.8 Å². The fourth-order valence-corrected chi connectivity index (χ4v) is 4.59. The second-order valence-electron chi connectivity index (χ2n) is 9.48. The highest BCUT2D eigenvalue weighted by Gasteiger charge is 2.47. The summed E-state index contributed by atoms with van der Waals surface area (Å²) < 4.78 is 85.8. The van der Waals surface area contributed by atoms with Crippen LogP contribution in [0.4, 0.5) is 27.8 Å². The molecule has 0 unspecified atom stereocenters. The van der Waals surface area contributed by atoms with E-state index in [-0.39, 0.29) is 29.7 Å². The molecule has 2 aromatic heterocycles. The predicted molar refractivity (Wildman–Crippen MR) is 124 cm³/mol. The van der Waals surface area contributed by atoms with Crippen LogP contribution in [0.2, 0.25) is 0 Å². The molecule has 0 saturated carbocycles. The normalized spacial score (nSPS) is 20.3. The van der Waals surface area contributed by atoms with Crippen LogP contribution in [0.5, 0.6) is 17.4 Å². The van der Waals surface area contributed by atoms with Gasteiger partial charge < -0.3 is 19.1 Å². The topological polar surface area (TPSA) is 103 Å². The molecule has 2 aliphatic rings. The number of nitrogens with zero attached hydrogens (tertiary/aromatic N) is 5. The van der Waals surface area contributed by atoms with Crippen molar-refractivity contribution in [3.05, 3.63) is 69.4 Å². The van der Waals surface area contributed by atoms with E-state index in [4.69, 9.17) is 14.2 Å². The first-order chi connectivity index (χ1) is 18.4. The zero-order valence-corrected chi connectivity index (χ0v) is 20.6. The summed E-state index contributed by atoms with van der Waals surface area (Å²) in [6.07, 6.45) is -4.12. The number of halogens is 5. The van der Waals surface area contributed by atoms with Gasteiger partial charge in [0.1, 0.15) is 29.9 Å². The SMILES string of the molecule is C[C@H]1CN2c3c(C#N)c(OCc4cc(F)c(Oc5ccnc(C(F)(F)F)c5)c(F)c4)nc(=O)n3C[C@]2(C)CO1. The Kier molecular flexibility index (Phi) is 6.42. The first-order valence-corrected chi connectivity index (χ1v) is 11.7. The molecule has 9 nitrogen and oxygen atoms in total. The van der Waals surface area contributed by atoms with E-state index in [1.54, 1.807) is 0 Å². The van der Waals surface area contributed by atoms with Crippen molar-refractivity contribution >= 4 is 5.82 Å². The first-order valence-electron chi connectivity index (χ1n) is 11.7. The van der Waals surface area contributed by atoms with Crippen molar-refractivity contribution in [3.63, 3.8) is 0 Å². The number of rotatable bonds is 5. The molecule has 39 heavy (non-hydrogen) atoms. The lowest BCUT2D eigenvalue weighted by atomic mass is 10.00. The Balaban J connectivity index is 1.39. The Morgan fingerprint density at radius 1 is 1.26 bits per heavy atom. The first kappa shape index (κ1) is 26.4. The number of anilines is 1. The molecule has 0 radical (unpaired) electrons. The Bertz CT molecular complexity index is 1530. The van der Waals surface area contributed by atoms with E-state index in [0.29, 0.717) is 25.0 Å². The van der Waals surface area contributed by atoms with Crippen LogP contribution in [-0.4, -0.2) is 39.3 Å². The zero-order valence-electron chi connectivity index (χ0n) is 20.6. The number of aromatic nitrogens is 3. The van der Waals surface area contributed by atoms with Crippen molar-refractivity contribution < 1.29 is 36.2 Å². The number of ether oxygens (including phenoxy) is 3. The van der Waals surface area contributed by atoms with Crippen LogP contribution in [0, 0.1) is 23.0 Å². The van der Waals surface area contributed by atoms with E-state index in [0.717, 1.165) is 24.4 Å². The molecule has 0 N–H and O–H groups in total. The number of pyridine rings is 1. The molecule has 0 spiro atoms.